The number of benzene rings is 2. The summed E-state index contributed by atoms with van der Waals surface area (Å²) in [6.45, 7) is 3.81. The summed E-state index contributed by atoms with van der Waals surface area (Å²) in [5, 5.41) is 3.91. The van der Waals surface area contributed by atoms with E-state index in [1.54, 1.807) is 25.1 Å². The number of esters is 1. The van der Waals surface area contributed by atoms with E-state index in [0.29, 0.717) is 29.3 Å². The van der Waals surface area contributed by atoms with Gasteiger partial charge in [0.05, 0.1) is 22.6 Å². The first-order valence-corrected chi connectivity index (χ1v) is 10.7. The maximum Gasteiger partial charge on any atom is 0.338 e. The van der Waals surface area contributed by atoms with Crippen molar-refractivity contribution < 1.29 is 27.2 Å². The Morgan fingerprint density at radius 2 is 1.93 bits per heavy atom. The van der Waals surface area contributed by atoms with Crippen molar-refractivity contribution in [1.29, 1.82) is 0 Å². The number of aromatic nitrogens is 2. The average Bonchev–Trinajstić information content (AvgIpc) is 3.15. The lowest BCUT2D eigenvalue weighted by molar-refractivity contribution is 0.0428. The number of ether oxygens (including phenoxy) is 2. The Labute approximate surface area is 168 Å². The summed E-state index contributed by atoms with van der Waals surface area (Å²) < 4.78 is 39.4. The van der Waals surface area contributed by atoms with Gasteiger partial charge in [0.15, 0.2) is 16.4 Å². The zero-order chi connectivity index (χ0) is 21.0. The van der Waals surface area contributed by atoms with Gasteiger partial charge in [-0.2, -0.15) is 4.98 Å². The first kappa shape index (κ1) is 20.5. The Hall–Kier alpha value is -3.20. The van der Waals surface area contributed by atoms with Crippen LogP contribution in [0, 0.1) is 6.92 Å². The molecule has 0 aliphatic rings. The van der Waals surface area contributed by atoms with Crippen molar-refractivity contribution >= 4 is 15.8 Å². The van der Waals surface area contributed by atoms with Gasteiger partial charge >= 0.3 is 5.97 Å². The lowest BCUT2D eigenvalue weighted by Gasteiger charge is -2.07. The Morgan fingerprint density at radius 3 is 2.66 bits per heavy atom. The van der Waals surface area contributed by atoms with Gasteiger partial charge in [0.25, 0.3) is 5.89 Å². The molecule has 0 aliphatic carbocycles. The quantitative estimate of drug-likeness (QED) is 0.540. The summed E-state index contributed by atoms with van der Waals surface area (Å²) in [5.74, 6) is 0.363. The molecule has 9 heteroatoms. The molecule has 0 amide bonds. The smallest absolute Gasteiger partial charge is 0.338 e. The summed E-state index contributed by atoms with van der Waals surface area (Å²) in [5.41, 5.74) is 1.42. The van der Waals surface area contributed by atoms with E-state index in [2.05, 4.69) is 10.1 Å². The van der Waals surface area contributed by atoms with Crippen LogP contribution in [-0.2, 0) is 21.2 Å². The Balaban J connectivity index is 1.75. The lowest BCUT2D eigenvalue weighted by atomic mass is 10.1. The molecule has 0 aliphatic heterocycles. The second-order valence-corrected chi connectivity index (χ2v) is 8.28. The molecular formula is C20H20N2O6S. The molecular weight excluding hydrogens is 396 g/mol. The predicted molar refractivity (Wildman–Crippen MR) is 104 cm³/mol. The minimum absolute atomic E-state index is 0.0441. The molecule has 0 radical (unpaired) electrons. The van der Waals surface area contributed by atoms with E-state index in [9.17, 15) is 13.2 Å². The highest BCUT2D eigenvalue weighted by Crippen LogP contribution is 2.27. The predicted octanol–water partition coefficient (Wildman–Crippen LogP) is 3.20. The largest absolute Gasteiger partial charge is 0.493 e. The highest BCUT2D eigenvalue weighted by Gasteiger charge is 2.18. The van der Waals surface area contributed by atoms with Crippen molar-refractivity contribution in [2.45, 2.75) is 25.3 Å². The Kier molecular flexibility index (Phi) is 5.97. The normalized spacial score (nSPS) is 11.3. The molecule has 29 heavy (non-hydrogen) atoms. The van der Waals surface area contributed by atoms with Crippen molar-refractivity contribution in [2.75, 3.05) is 12.9 Å². The lowest BCUT2D eigenvalue weighted by Crippen LogP contribution is -2.09. The molecule has 0 N–H and O–H groups in total. The molecule has 0 bridgehead atoms. The molecule has 0 fully saturated rings. The number of sulfone groups is 1. The van der Waals surface area contributed by atoms with Crippen LogP contribution >= 0.6 is 0 Å². The molecule has 3 rings (SSSR count). The third kappa shape index (κ3) is 4.80. The molecule has 0 saturated carbocycles. The van der Waals surface area contributed by atoms with Crippen molar-refractivity contribution in [1.82, 2.24) is 10.1 Å². The van der Waals surface area contributed by atoms with Gasteiger partial charge in [0.2, 0.25) is 5.82 Å². The number of hydrogen-bond acceptors (Lipinski definition) is 8. The average molecular weight is 416 g/mol. The van der Waals surface area contributed by atoms with Gasteiger partial charge in [-0.15, -0.1) is 0 Å². The van der Waals surface area contributed by atoms with E-state index in [1.807, 2.05) is 19.1 Å². The highest BCUT2D eigenvalue weighted by molar-refractivity contribution is 7.90. The molecule has 3 aromatic rings. The molecule has 1 aromatic heterocycles. The van der Waals surface area contributed by atoms with E-state index < -0.39 is 15.8 Å². The van der Waals surface area contributed by atoms with Crippen LogP contribution < -0.4 is 4.74 Å². The number of para-hydroxylation sites is 1. The van der Waals surface area contributed by atoms with Crippen molar-refractivity contribution in [2.24, 2.45) is 0 Å². The van der Waals surface area contributed by atoms with E-state index in [0.717, 1.165) is 6.26 Å². The number of carbonyl (C=O) groups excluding carboxylic acids is 1. The van der Waals surface area contributed by atoms with Gasteiger partial charge in [-0.1, -0.05) is 23.4 Å². The first-order chi connectivity index (χ1) is 13.8. The number of hydrogen-bond donors (Lipinski definition) is 0. The van der Waals surface area contributed by atoms with E-state index in [-0.39, 0.29) is 23.0 Å². The summed E-state index contributed by atoms with van der Waals surface area (Å²) in [7, 11) is -3.44. The molecule has 2 aromatic carbocycles. The second kappa shape index (κ2) is 8.44. The molecule has 0 atom stereocenters. The van der Waals surface area contributed by atoms with Crippen LogP contribution in [0.5, 0.6) is 5.75 Å². The molecule has 1 heterocycles. The summed E-state index contributed by atoms with van der Waals surface area (Å²) >= 11 is 0. The van der Waals surface area contributed by atoms with Crippen LogP contribution in [0.1, 0.15) is 28.7 Å². The van der Waals surface area contributed by atoms with Crippen LogP contribution in [0.2, 0.25) is 0 Å². The van der Waals surface area contributed by atoms with Gasteiger partial charge in [0.1, 0.15) is 5.75 Å². The molecule has 0 spiro atoms. The SMILES string of the molecule is CCOc1ccccc1-c1noc(COC(=O)c2cc(S(C)(=O)=O)ccc2C)n1. The van der Waals surface area contributed by atoms with Gasteiger partial charge < -0.3 is 14.0 Å². The zero-order valence-corrected chi connectivity index (χ0v) is 17.0. The van der Waals surface area contributed by atoms with Gasteiger partial charge in [-0.25, -0.2) is 13.2 Å². The number of aryl methyl sites for hydroxylation is 1. The van der Waals surface area contributed by atoms with Crippen LogP contribution in [-0.4, -0.2) is 37.4 Å². The third-order valence-corrected chi connectivity index (χ3v) is 5.19. The van der Waals surface area contributed by atoms with Crippen LogP contribution in [0.4, 0.5) is 0 Å². The van der Waals surface area contributed by atoms with Crippen molar-refractivity contribution in [3.05, 3.63) is 59.5 Å². The maximum atomic E-state index is 12.4. The topological polar surface area (TPSA) is 109 Å². The molecule has 8 nitrogen and oxygen atoms in total. The minimum atomic E-state index is -3.44. The van der Waals surface area contributed by atoms with Crippen LogP contribution in [0.25, 0.3) is 11.4 Å². The summed E-state index contributed by atoms with van der Waals surface area (Å²) in [6, 6.07) is 11.6. The minimum Gasteiger partial charge on any atom is -0.493 e. The van der Waals surface area contributed by atoms with Crippen molar-refractivity contribution in [3.63, 3.8) is 0 Å². The fourth-order valence-electron chi connectivity index (χ4n) is 2.61. The van der Waals surface area contributed by atoms with E-state index in [4.69, 9.17) is 14.0 Å². The van der Waals surface area contributed by atoms with Crippen LogP contribution in [0.15, 0.2) is 51.9 Å². The van der Waals surface area contributed by atoms with Gasteiger partial charge in [-0.3, -0.25) is 0 Å². The number of rotatable bonds is 7. The zero-order valence-electron chi connectivity index (χ0n) is 16.2. The summed E-state index contributed by atoms with van der Waals surface area (Å²) in [6.07, 6.45) is 1.08. The molecule has 0 unspecified atom stereocenters. The highest BCUT2D eigenvalue weighted by atomic mass is 32.2. The fourth-order valence-corrected chi connectivity index (χ4v) is 3.26. The summed E-state index contributed by atoms with van der Waals surface area (Å²) in [4.78, 5) is 16.7. The van der Waals surface area contributed by atoms with Crippen LogP contribution in [0.3, 0.4) is 0 Å². The first-order valence-electron chi connectivity index (χ1n) is 8.82. The molecule has 0 saturated heterocycles. The Bertz CT molecular complexity index is 1140. The van der Waals surface area contributed by atoms with Gasteiger partial charge in [0, 0.05) is 6.26 Å². The third-order valence-electron chi connectivity index (χ3n) is 4.08. The maximum absolute atomic E-state index is 12.4. The number of carbonyl (C=O) groups is 1. The molecule has 152 valence electrons. The Morgan fingerprint density at radius 1 is 1.17 bits per heavy atom. The van der Waals surface area contributed by atoms with Gasteiger partial charge in [-0.05, 0) is 43.7 Å². The van der Waals surface area contributed by atoms with Crippen molar-refractivity contribution in [3.8, 4) is 17.1 Å². The van der Waals surface area contributed by atoms with E-state index in [1.165, 1.54) is 12.1 Å². The fraction of sp³-hybridized carbons (Fsp3) is 0.250. The number of nitrogens with zero attached hydrogens (tertiary/aromatic N) is 2. The standard InChI is InChI=1S/C20H20N2O6S/c1-4-26-17-8-6-5-7-15(17)19-21-18(28-22-19)12-27-20(23)16-11-14(29(3,24)25)10-9-13(16)2/h5-11H,4,12H2,1-3H3. The monoisotopic (exact) mass is 416 g/mol. The van der Waals surface area contributed by atoms with E-state index >= 15 is 0 Å². The second-order valence-electron chi connectivity index (χ2n) is 6.27.